The Bertz CT molecular complexity index is 145. The normalized spacial score (nSPS) is 10.2. The van der Waals surface area contributed by atoms with Gasteiger partial charge >= 0.3 is 7.41 Å². The second-order valence-electron chi connectivity index (χ2n) is 3.16. The average molecular weight is 150 g/mol. The first-order chi connectivity index (χ1) is 5.09. The van der Waals surface area contributed by atoms with Crippen molar-refractivity contribution in [3.63, 3.8) is 0 Å². The highest BCUT2D eigenvalue weighted by atomic mass is 15.1. The predicted molar refractivity (Wildman–Crippen MR) is 51.3 cm³/mol. The van der Waals surface area contributed by atoms with E-state index in [9.17, 15) is 0 Å². The molecule has 0 aliphatic heterocycles. The van der Waals surface area contributed by atoms with Crippen molar-refractivity contribution in [2.24, 2.45) is 0 Å². The van der Waals surface area contributed by atoms with Gasteiger partial charge in [-0.2, -0.15) is 0 Å². The Kier molecular flexibility index (Phi) is 5.06. The summed E-state index contributed by atoms with van der Waals surface area (Å²) in [6, 6.07) is 1.08. The maximum absolute atomic E-state index is 2.96. The molecule has 1 nitrogen and oxygen atoms in total. The quantitative estimate of drug-likeness (QED) is 0.437. The van der Waals surface area contributed by atoms with E-state index in [1.807, 2.05) is 14.3 Å². The minimum atomic E-state index is 0.538. The fourth-order valence-electron chi connectivity index (χ4n) is 1.03. The molecule has 2 heteroatoms. The summed E-state index contributed by atoms with van der Waals surface area (Å²) < 4.78 is 0. The SMILES string of the molecule is CC#C[B]N(C(C)C)C(C)C. The summed E-state index contributed by atoms with van der Waals surface area (Å²) in [6.07, 6.45) is 0. The van der Waals surface area contributed by atoms with Gasteiger partial charge in [0.1, 0.15) is 0 Å². The van der Waals surface area contributed by atoms with E-state index < -0.39 is 0 Å². The van der Waals surface area contributed by atoms with E-state index >= 15 is 0 Å². The first-order valence-corrected chi connectivity index (χ1v) is 4.12. The molecule has 0 heterocycles. The molecule has 0 amide bonds. The summed E-state index contributed by atoms with van der Waals surface area (Å²) >= 11 is 0. The fraction of sp³-hybridized carbons (Fsp3) is 0.778. The Labute approximate surface area is 71.4 Å². The summed E-state index contributed by atoms with van der Waals surface area (Å²) in [6.45, 7) is 10.6. The van der Waals surface area contributed by atoms with Crippen LogP contribution in [0.25, 0.3) is 0 Å². The molecule has 11 heavy (non-hydrogen) atoms. The highest BCUT2D eigenvalue weighted by Crippen LogP contribution is 2.01. The smallest absolute Gasteiger partial charge is 0.312 e. The van der Waals surface area contributed by atoms with Crippen LogP contribution in [-0.4, -0.2) is 24.3 Å². The van der Waals surface area contributed by atoms with Crippen molar-refractivity contribution in [1.82, 2.24) is 4.81 Å². The lowest BCUT2D eigenvalue weighted by Crippen LogP contribution is -2.39. The summed E-state index contributed by atoms with van der Waals surface area (Å²) in [5.74, 6) is 5.82. The maximum atomic E-state index is 2.96. The zero-order chi connectivity index (χ0) is 8.85. The largest absolute Gasteiger partial charge is 0.330 e. The molecular formula is C9H17BN. The lowest BCUT2D eigenvalue weighted by atomic mass is 9.88. The van der Waals surface area contributed by atoms with E-state index in [0.717, 1.165) is 0 Å². The van der Waals surface area contributed by atoms with Crippen molar-refractivity contribution in [2.45, 2.75) is 46.7 Å². The minimum Gasteiger partial charge on any atom is -0.330 e. The van der Waals surface area contributed by atoms with E-state index in [0.29, 0.717) is 12.1 Å². The van der Waals surface area contributed by atoms with Crippen LogP contribution in [0.15, 0.2) is 0 Å². The molecule has 0 bridgehead atoms. The molecule has 0 fully saturated rings. The lowest BCUT2D eigenvalue weighted by molar-refractivity contribution is 0.316. The van der Waals surface area contributed by atoms with Crippen molar-refractivity contribution < 1.29 is 0 Å². The summed E-state index contributed by atoms with van der Waals surface area (Å²) in [7, 11) is 1.97. The predicted octanol–water partition coefficient (Wildman–Crippen LogP) is 1.71. The zero-order valence-corrected chi connectivity index (χ0v) is 8.18. The van der Waals surface area contributed by atoms with Crippen LogP contribution in [0.2, 0.25) is 0 Å². The molecular weight excluding hydrogens is 133 g/mol. The number of rotatable bonds is 3. The van der Waals surface area contributed by atoms with Crippen LogP contribution in [0.5, 0.6) is 0 Å². The minimum absolute atomic E-state index is 0.538. The average Bonchev–Trinajstić information content (AvgIpc) is 1.87. The van der Waals surface area contributed by atoms with E-state index in [2.05, 4.69) is 44.2 Å². The third kappa shape index (κ3) is 4.11. The highest BCUT2D eigenvalue weighted by Gasteiger charge is 2.12. The zero-order valence-electron chi connectivity index (χ0n) is 8.18. The molecule has 0 aromatic rings. The van der Waals surface area contributed by atoms with E-state index in [-0.39, 0.29) is 0 Å². The number of nitrogens with zero attached hydrogens (tertiary/aromatic N) is 1. The maximum Gasteiger partial charge on any atom is 0.312 e. The Morgan fingerprint density at radius 3 is 1.82 bits per heavy atom. The van der Waals surface area contributed by atoms with Gasteiger partial charge in [-0.3, -0.25) is 0 Å². The van der Waals surface area contributed by atoms with Crippen LogP contribution in [0.3, 0.4) is 0 Å². The molecule has 1 radical (unpaired) electrons. The molecule has 0 N–H and O–H groups in total. The molecule has 0 atom stereocenters. The van der Waals surface area contributed by atoms with Gasteiger partial charge in [-0.15, -0.1) is 11.7 Å². The van der Waals surface area contributed by atoms with Gasteiger partial charge in [-0.1, -0.05) is 27.7 Å². The Hall–Kier alpha value is -0.415. The van der Waals surface area contributed by atoms with E-state index in [1.54, 1.807) is 0 Å². The molecule has 0 aromatic heterocycles. The van der Waals surface area contributed by atoms with Crippen LogP contribution in [0.1, 0.15) is 34.6 Å². The number of hydrogen-bond acceptors (Lipinski definition) is 1. The monoisotopic (exact) mass is 150 g/mol. The van der Waals surface area contributed by atoms with Gasteiger partial charge in [0, 0.05) is 0 Å². The molecule has 0 rings (SSSR count). The van der Waals surface area contributed by atoms with Gasteiger partial charge in [0.15, 0.2) is 0 Å². The van der Waals surface area contributed by atoms with Gasteiger partial charge in [-0.05, 0) is 19.0 Å². The Morgan fingerprint density at radius 1 is 1.09 bits per heavy atom. The van der Waals surface area contributed by atoms with Crippen molar-refractivity contribution in [3.8, 4) is 11.7 Å². The van der Waals surface area contributed by atoms with Crippen molar-refractivity contribution in [1.29, 1.82) is 0 Å². The molecule has 0 aliphatic rings. The van der Waals surface area contributed by atoms with Crippen molar-refractivity contribution in [3.05, 3.63) is 0 Å². The Balaban J connectivity index is 3.96. The van der Waals surface area contributed by atoms with Crippen molar-refractivity contribution >= 4 is 7.41 Å². The third-order valence-corrected chi connectivity index (χ3v) is 1.55. The molecule has 0 saturated heterocycles. The Morgan fingerprint density at radius 2 is 1.55 bits per heavy atom. The van der Waals surface area contributed by atoms with Crippen LogP contribution in [-0.2, 0) is 0 Å². The first-order valence-electron chi connectivity index (χ1n) is 4.12. The third-order valence-electron chi connectivity index (χ3n) is 1.55. The van der Waals surface area contributed by atoms with E-state index in [4.69, 9.17) is 0 Å². The standard InChI is InChI=1S/C9H17BN/c1-6-7-10-11(8(2)3)9(4)5/h8-9H,1-5H3. The van der Waals surface area contributed by atoms with Gasteiger partial charge in [0.2, 0.25) is 0 Å². The highest BCUT2D eigenvalue weighted by molar-refractivity contribution is 6.43. The van der Waals surface area contributed by atoms with Crippen LogP contribution >= 0.6 is 0 Å². The lowest BCUT2D eigenvalue weighted by Gasteiger charge is -2.27. The second kappa shape index (κ2) is 5.26. The molecule has 0 spiro atoms. The molecule has 0 unspecified atom stereocenters. The first kappa shape index (κ1) is 10.6. The van der Waals surface area contributed by atoms with Gasteiger partial charge in [0.25, 0.3) is 0 Å². The van der Waals surface area contributed by atoms with Gasteiger partial charge in [0.05, 0.1) is 0 Å². The summed E-state index contributed by atoms with van der Waals surface area (Å²) in [5.41, 5.74) is 0. The van der Waals surface area contributed by atoms with Crippen LogP contribution < -0.4 is 0 Å². The second-order valence-corrected chi connectivity index (χ2v) is 3.16. The fourth-order valence-corrected chi connectivity index (χ4v) is 1.03. The topological polar surface area (TPSA) is 3.24 Å². The van der Waals surface area contributed by atoms with Gasteiger partial charge < -0.3 is 4.81 Å². The van der Waals surface area contributed by atoms with Crippen LogP contribution in [0, 0.1) is 11.7 Å². The van der Waals surface area contributed by atoms with Gasteiger partial charge in [-0.25, -0.2) is 0 Å². The molecule has 0 aromatic carbocycles. The van der Waals surface area contributed by atoms with Crippen LogP contribution in [0.4, 0.5) is 0 Å². The molecule has 0 saturated carbocycles. The summed E-state index contributed by atoms with van der Waals surface area (Å²) in [5, 5.41) is 0. The van der Waals surface area contributed by atoms with Crippen molar-refractivity contribution in [2.75, 3.05) is 0 Å². The number of hydrogen-bond donors (Lipinski definition) is 0. The summed E-state index contributed by atoms with van der Waals surface area (Å²) in [4.78, 5) is 2.25. The molecule has 0 aliphatic carbocycles. The van der Waals surface area contributed by atoms with E-state index in [1.165, 1.54) is 0 Å². The molecule has 61 valence electrons.